The molecular weight excluding hydrogens is 278 g/mol. The SMILES string of the molecule is CC1(C)COCCN1CCNC(=O)CC(N)c1ccccc1. The highest BCUT2D eigenvalue weighted by Gasteiger charge is 2.29. The van der Waals surface area contributed by atoms with Crippen molar-refractivity contribution in [2.24, 2.45) is 5.73 Å². The molecule has 1 amide bonds. The van der Waals surface area contributed by atoms with E-state index in [1.807, 2.05) is 30.3 Å². The first-order valence-electron chi connectivity index (χ1n) is 7.89. The van der Waals surface area contributed by atoms with Gasteiger partial charge in [-0.1, -0.05) is 30.3 Å². The molecule has 1 saturated heterocycles. The van der Waals surface area contributed by atoms with Crippen LogP contribution in [0, 0.1) is 0 Å². The first-order chi connectivity index (χ1) is 10.5. The van der Waals surface area contributed by atoms with Crippen molar-refractivity contribution in [3.63, 3.8) is 0 Å². The van der Waals surface area contributed by atoms with Gasteiger partial charge in [0.1, 0.15) is 0 Å². The van der Waals surface area contributed by atoms with Crippen LogP contribution in [0.3, 0.4) is 0 Å². The summed E-state index contributed by atoms with van der Waals surface area (Å²) in [6.45, 7) is 8.22. The zero-order valence-electron chi connectivity index (χ0n) is 13.5. The molecule has 22 heavy (non-hydrogen) atoms. The summed E-state index contributed by atoms with van der Waals surface area (Å²) >= 11 is 0. The first kappa shape index (κ1) is 16.9. The number of hydrogen-bond donors (Lipinski definition) is 2. The van der Waals surface area contributed by atoms with Crippen LogP contribution in [-0.4, -0.2) is 49.2 Å². The number of nitrogens with zero attached hydrogens (tertiary/aromatic N) is 1. The highest BCUT2D eigenvalue weighted by molar-refractivity contribution is 5.76. The Morgan fingerprint density at radius 1 is 1.41 bits per heavy atom. The molecule has 0 saturated carbocycles. The minimum absolute atomic E-state index is 0.00224. The van der Waals surface area contributed by atoms with Crippen molar-refractivity contribution in [2.75, 3.05) is 32.8 Å². The fourth-order valence-corrected chi connectivity index (χ4v) is 2.73. The lowest BCUT2D eigenvalue weighted by Gasteiger charge is -2.42. The van der Waals surface area contributed by atoms with Crippen LogP contribution in [0.1, 0.15) is 31.9 Å². The van der Waals surface area contributed by atoms with E-state index < -0.39 is 0 Å². The largest absolute Gasteiger partial charge is 0.378 e. The standard InChI is InChI=1S/C17H27N3O2/c1-17(2)13-22-11-10-20(17)9-8-19-16(21)12-15(18)14-6-4-3-5-7-14/h3-7,15H,8-13,18H2,1-2H3,(H,19,21). The second kappa shape index (κ2) is 7.72. The molecule has 1 atom stereocenters. The Morgan fingerprint density at radius 3 is 2.82 bits per heavy atom. The van der Waals surface area contributed by atoms with Crippen LogP contribution in [0.25, 0.3) is 0 Å². The van der Waals surface area contributed by atoms with Crippen molar-refractivity contribution < 1.29 is 9.53 Å². The number of nitrogens with one attached hydrogen (secondary N) is 1. The highest BCUT2D eigenvalue weighted by atomic mass is 16.5. The molecule has 1 fully saturated rings. The topological polar surface area (TPSA) is 67.6 Å². The average molecular weight is 305 g/mol. The van der Waals surface area contributed by atoms with Gasteiger partial charge in [0.2, 0.25) is 5.91 Å². The molecule has 0 bridgehead atoms. The molecule has 1 aromatic rings. The van der Waals surface area contributed by atoms with Crippen molar-refractivity contribution in [3.05, 3.63) is 35.9 Å². The average Bonchev–Trinajstić information content (AvgIpc) is 2.49. The molecule has 122 valence electrons. The number of amides is 1. The van der Waals surface area contributed by atoms with Gasteiger partial charge >= 0.3 is 0 Å². The molecule has 5 nitrogen and oxygen atoms in total. The quantitative estimate of drug-likeness (QED) is 0.831. The van der Waals surface area contributed by atoms with Gasteiger partial charge in [0.15, 0.2) is 0 Å². The Hall–Kier alpha value is -1.43. The third-order valence-electron chi connectivity index (χ3n) is 4.15. The summed E-state index contributed by atoms with van der Waals surface area (Å²) in [5.41, 5.74) is 7.09. The number of rotatable bonds is 6. The Bertz CT molecular complexity index is 476. The van der Waals surface area contributed by atoms with Gasteiger partial charge in [-0.25, -0.2) is 0 Å². The van der Waals surface area contributed by atoms with Gasteiger partial charge in [0, 0.05) is 37.6 Å². The van der Waals surface area contributed by atoms with Gasteiger partial charge in [0.25, 0.3) is 0 Å². The van der Waals surface area contributed by atoms with Crippen LogP contribution in [0.4, 0.5) is 0 Å². The second-order valence-electron chi connectivity index (χ2n) is 6.42. The lowest BCUT2D eigenvalue weighted by molar-refractivity contribution is -0.121. The maximum absolute atomic E-state index is 12.0. The first-order valence-corrected chi connectivity index (χ1v) is 7.89. The van der Waals surface area contributed by atoms with Crippen LogP contribution >= 0.6 is 0 Å². The number of carbonyl (C=O) groups is 1. The van der Waals surface area contributed by atoms with E-state index in [1.165, 1.54) is 0 Å². The van der Waals surface area contributed by atoms with Gasteiger partial charge < -0.3 is 15.8 Å². The zero-order chi connectivity index (χ0) is 16.0. The third-order valence-corrected chi connectivity index (χ3v) is 4.15. The van der Waals surface area contributed by atoms with E-state index in [2.05, 4.69) is 24.1 Å². The maximum atomic E-state index is 12.0. The van der Waals surface area contributed by atoms with Crippen LogP contribution in [0.5, 0.6) is 0 Å². The molecule has 0 aliphatic carbocycles. The number of carbonyl (C=O) groups excluding carboxylic acids is 1. The van der Waals surface area contributed by atoms with Crippen molar-refractivity contribution >= 4 is 5.91 Å². The summed E-state index contributed by atoms with van der Waals surface area (Å²) in [6.07, 6.45) is 0.316. The van der Waals surface area contributed by atoms with Crippen molar-refractivity contribution in [2.45, 2.75) is 31.8 Å². The van der Waals surface area contributed by atoms with Gasteiger partial charge in [-0.2, -0.15) is 0 Å². The smallest absolute Gasteiger partial charge is 0.221 e. The lowest BCUT2D eigenvalue weighted by Crippen LogP contribution is -2.54. The highest BCUT2D eigenvalue weighted by Crippen LogP contribution is 2.18. The molecule has 1 aromatic carbocycles. The molecule has 1 aliphatic rings. The number of ether oxygens (including phenoxy) is 1. The van der Waals surface area contributed by atoms with Gasteiger partial charge in [-0.15, -0.1) is 0 Å². The summed E-state index contributed by atoms with van der Waals surface area (Å²) in [5.74, 6) is 0.00224. The number of hydrogen-bond acceptors (Lipinski definition) is 4. The molecule has 5 heteroatoms. The zero-order valence-corrected chi connectivity index (χ0v) is 13.5. The molecule has 1 unspecified atom stereocenters. The van der Waals surface area contributed by atoms with E-state index in [9.17, 15) is 4.79 Å². The Morgan fingerprint density at radius 2 is 2.14 bits per heavy atom. The third kappa shape index (κ3) is 4.80. The predicted octanol–water partition coefficient (Wildman–Crippen LogP) is 1.30. The van der Waals surface area contributed by atoms with E-state index in [-0.39, 0.29) is 17.5 Å². The number of nitrogens with two attached hydrogens (primary N) is 1. The van der Waals surface area contributed by atoms with E-state index in [1.54, 1.807) is 0 Å². The fourth-order valence-electron chi connectivity index (χ4n) is 2.73. The number of benzene rings is 1. The fraction of sp³-hybridized carbons (Fsp3) is 0.588. The summed E-state index contributed by atoms with van der Waals surface area (Å²) in [4.78, 5) is 14.4. The molecule has 0 spiro atoms. The minimum Gasteiger partial charge on any atom is -0.378 e. The van der Waals surface area contributed by atoms with Crippen LogP contribution < -0.4 is 11.1 Å². The van der Waals surface area contributed by atoms with E-state index >= 15 is 0 Å². The Balaban J connectivity index is 1.72. The Kier molecular flexibility index (Phi) is 5.94. The normalized spacial score (nSPS) is 19.6. The van der Waals surface area contributed by atoms with E-state index in [4.69, 9.17) is 10.5 Å². The van der Waals surface area contributed by atoms with Crippen LogP contribution in [0.2, 0.25) is 0 Å². The summed E-state index contributed by atoms with van der Waals surface area (Å²) < 4.78 is 5.50. The van der Waals surface area contributed by atoms with E-state index in [0.29, 0.717) is 13.0 Å². The molecule has 2 rings (SSSR count). The van der Waals surface area contributed by atoms with Crippen molar-refractivity contribution in [3.8, 4) is 0 Å². The molecule has 3 N–H and O–H groups in total. The summed E-state index contributed by atoms with van der Waals surface area (Å²) in [5, 5.41) is 2.97. The number of morpholine rings is 1. The van der Waals surface area contributed by atoms with Crippen LogP contribution in [0.15, 0.2) is 30.3 Å². The van der Waals surface area contributed by atoms with E-state index in [0.717, 1.165) is 31.9 Å². The monoisotopic (exact) mass is 305 g/mol. The molecule has 0 radical (unpaired) electrons. The van der Waals surface area contributed by atoms with Gasteiger partial charge in [-0.3, -0.25) is 9.69 Å². The second-order valence-corrected chi connectivity index (χ2v) is 6.42. The maximum Gasteiger partial charge on any atom is 0.221 e. The predicted molar refractivity (Wildman–Crippen MR) is 87.5 cm³/mol. The lowest BCUT2D eigenvalue weighted by atomic mass is 10.0. The molecule has 1 aliphatic heterocycles. The Labute approximate surface area is 132 Å². The van der Waals surface area contributed by atoms with Crippen LogP contribution in [-0.2, 0) is 9.53 Å². The molecule has 1 heterocycles. The summed E-state index contributed by atoms with van der Waals surface area (Å²) in [7, 11) is 0. The minimum atomic E-state index is -0.249. The van der Waals surface area contributed by atoms with Gasteiger partial charge in [-0.05, 0) is 19.4 Å². The van der Waals surface area contributed by atoms with Gasteiger partial charge in [0.05, 0.1) is 13.2 Å². The summed E-state index contributed by atoms with van der Waals surface area (Å²) in [6, 6.07) is 9.48. The van der Waals surface area contributed by atoms with Crippen molar-refractivity contribution in [1.82, 2.24) is 10.2 Å². The molecule has 0 aromatic heterocycles. The van der Waals surface area contributed by atoms with Crippen molar-refractivity contribution in [1.29, 1.82) is 0 Å². The molecular formula is C17H27N3O2.